The van der Waals surface area contributed by atoms with Crippen LogP contribution in [-0.2, 0) is 6.42 Å². The van der Waals surface area contributed by atoms with Crippen molar-refractivity contribution in [2.75, 3.05) is 17.3 Å². The number of hydrogen-bond donors (Lipinski definition) is 1. The van der Waals surface area contributed by atoms with Crippen LogP contribution >= 0.6 is 0 Å². The predicted octanol–water partition coefficient (Wildman–Crippen LogP) is 3.10. The highest BCUT2D eigenvalue weighted by Gasteiger charge is 2.29. The van der Waals surface area contributed by atoms with E-state index >= 15 is 0 Å². The number of hydrogen-bond acceptors (Lipinski definition) is 3. The summed E-state index contributed by atoms with van der Waals surface area (Å²) in [5.74, 6) is 0.672. The Kier molecular flexibility index (Phi) is 3.60. The van der Waals surface area contributed by atoms with Crippen molar-refractivity contribution >= 4 is 17.4 Å². The van der Waals surface area contributed by atoms with Gasteiger partial charge in [0.1, 0.15) is 11.5 Å². The number of pyridine rings is 1. The van der Waals surface area contributed by atoms with Crippen molar-refractivity contribution in [1.29, 1.82) is 0 Å². The lowest BCUT2D eigenvalue weighted by molar-refractivity contribution is 0.0970. The number of amides is 1. The Hall–Kier alpha value is -2.36. The number of aryl methyl sites for hydroxylation is 1. The van der Waals surface area contributed by atoms with Gasteiger partial charge in [0.05, 0.1) is 0 Å². The van der Waals surface area contributed by atoms with E-state index in [1.807, 2.05) is 35.2 Å². The van der Waals surface area contributed by atoms with E-state index < -0.39 is 0 Å². The third kappa shape index (κ3) is 2.49. The summed E-state index contributed by atoms with van der Waals surface area (Å²) in [5, 5.41) is 2.97. The number of nitrogens with one attached hydrogen (secondary N) is 1. The summed E-state index contributed by atoms with van der Waals surface area (Å²) in [5.41, 5.74) is 2.72. The molecule has 1 atom stereocenters. The summed E-state index contributed by atoms with van der Waals surface area (Å²) in [6.45, 7) is 2.09. The van der Waals surface area contributed by atoms with Gasteiger partial charge in [-0.1, -0.05) is 24.3 Å². The monoisotopic (exact) mass is 281 g/mol. The standard InChI is InChI=1S/C17H19N3O/c1-12-10-11-13-6-3-4-8-15(13)20(12)17(21)14-7-5-9-16(18-2)19-14/h3-9,12H,10-11H2,1-2H3,(H,18,19). The Labute approximate surface area is 124 Å². The number of carbonyl (C=O) groups is 1. The smallest absolute Gasteiger partial charge is 0.277 e. The van der Waals surface area contributed by atoms with Gasteiger partial charge in [-0.3, -0.25) is 4.79 Å². The maximum atomic E-state index is 12.9. The summed E-state index contributed by atoms with van der Waals surface area (Å²) in [7, 11) is 1.80. The van der Waals surface area contributed by atoms with Crippen LogP contribution in [0.3, 0.4) is 0 Å². The summed E-state index contributed by atoms with van der Waals surface area (Å²) in [6, 6.07) is 13.8. The van der Waals surface area contributed by atoms with Crippen LogP contribution in [0.15, 0.2) is 42.5 Å². The van der Waals surface area contributed by atoms with E-state index in [1.54, 1.807) is 13.1 Å². The molecule has 108 valence electrons. The molecule has 0 saturated heterocycles. The van der Waals surface area contributed by atoms with Gasteiger partial charge in [-0.25, -0.2) is 4.98 Å². The Morgan fingerprint density at radius 3 is 2.86 bits per heavy atom. The zero-order chi connectivity index (χ0) is 14.8. The molecule has 0 radical (unpaired) electrons. The highest BCUT2D eigenvalue weighted by atomic mass is 16.2. The van der Waals surface area contributed by atoms with Crippen molar-refractivity contribution in [3.8, 4) is 0 Å². The first kappa shape index (κ1) is 13.6. The van der Waals surface area contributed by atoms with Crippen molar-refractivity contribution in [3.63, 3.8) is 0 Å². The lowest BCUT2D eigenvalue weighted by Crippen LogP contribution is -2.42. The molecule has 1 aromatic heterocycles. The number of para-hydroxylation sites is 1. The molecule has 3 rings (SSSR count). The molecule has 1 aliphatic rings. The third-order valence-electron chi connectivity index (χ3n) is 3.97. The van der Waals surface area contributed by atoms with E-state index in [2.05, 4.69) is 23.3 Å². The molecule has 0 aliphatic carbocycles. The van der Waals surface area contributed by atoms with Crippen LogP contribution in [0.2, 0.25) is 0 Å². The van der Waals surface area contributed by atoms with Gasteiger partial charge in [-0.15, -0.1) is 0 Å². The molecule has 4 heteroatoms. The van der Waals surface area contributed by atoms with E-state index in [1.165, 1.54) is 5.56 Å². The molecule has 1 unspecified atom stereocenters. The zero-order valence-electron chi connectivity index (χ0n) is 12.3. The first-order valence-corrected chi connectivity index (χ1v) is 7.27. The second-order valence-corrected chi connectivity index (χ2v) is 5.35. The number of aromatic nitrogens is 1. The Balaban J connectivity index is 2.00. The highest BCUT2D eigenvalue weighted by Crippen LogP contribution is 2.31. The molecule has 1 amide bonds. The molecule has 4 nitrogen and oxygen atoms in total. The molecule has 21 heavy (non-hydrogen) atoms. The van der Waals surface area contributed by atoms with Crippen molar-refractivity contribution in [2.45, 2.75) is 25.8 Å². The fourth-order valence-electron chi connectivity index (χ4n) is 2.81. The van der Waals surface area contributed by atoms with Gasteiger partial charge in [0.15, 0.2) is 0 Å². The quantitative estimate of drug-likeness (QED) is 0.920. The number of anilines is 2. The van der Waals surface area contributed by atoms with Gasteiger partial charge in [0.2, 0.25) is 0 Å². The maximum absolute atomic E-state index is 12.9. The zero-order valence-corrected chi connectivity index (χ0v) is 12.3. The van der Waals surface area contributed by atoms with Crippen molar-refractivity contribution in [3.05, 3.63) is 53.7 Å². The van der Waals surface area contributed by atoms with E-state index in [0.717, 1.165) is 18.5 Å². The third-order valence-corrected chi connectivity index (χ3v) is 3.97. The summed E-state index contributed by atoms with van der Waals surface area (Å²) >= 11 is 0. The Bertz CT molecular complexity index is 669. The number of rotatable bonds is 2. The van der Waals surface area contributed by atoms with Gasteiger partial charge >= 0.3 is 0 Å². The summed E-state index contributed by atoms with van der Waals surface area (Å²) in [6.07, 6.45) is 2.00. The molecule has 2 aromatic rings. The average molecular weight is 281 g/mol. The number of benzene rings is 1. The molecule has 0 saturated carbocycles. The molecule has 0 spiro atoms. The first-order chi connectivity index (χ1) is 10.2. The molecular formula is C17H19N3O. The lowest BCUT2D eigenvalue weighted by Gasteiger charge is -2.35. The van der Waals surface area contributed by atoms with Crippen molar-refractivity contribution in [2.24, 2.45) is 0 Å². The second-order valence-electron chi connectivity index (χ2n) is 5.35. The minimum absolute atomic E-state index is 0.0354. The van der Waals surface area contributed by atoms with E-state index in [9.17, 15) is 4.79 Å². The van der Waals surface area contributed by atoms with Gasteiger partial charge in [-0.05, 0) is 43.5 Å². The molecule has 0 fully saturated rings. The minimum atomic E-state index is -0.0354. The van der Waals surface area contributed by atoms with Crippen LogP contribution < -0.4 is 10.2 Å². The highest BCUT2D eigenvalue weighted by molar-refractivity contribution is 6.06. The number of carbonyl (C=O) groups excluding carboxylic acids is 1. The SMILES string of the molecule is CNc1cccc(C(=O)N2c3ccccc3CCC2C)n1. The summed E-state index contributed by atoms with van der Waals surface area (Å²) in [4.78, 5) is 19.1. The van der Waals surface area contributed by atoms with Crippen LogP contribution in [-0.4, -0.2) is 24.0 Å². The van der Waals surface area contributed by atoms with Gasteiger partial charge in [-0.2, -0.15) is 0 Å². The average Bonchev–Trinajstić information content (AvgIpc) is 2.54. The van der Waals surface area contributed by atoms with Crippen LogP contribution in [0.4, 0.5) is 11.5 Å². The van der Waals surface area contributed by atoms with Crippen LogP contribution in [0, 0.1) is 0 Å². The van der Waals surface area contributed by atoms with Gasteiger partial charge in [0, 0.05) is 18.8 Å². The minimum Gasteiger partial charge on any atom is -0.373 e. The fourth-order valence-corrected chi connectivity index (χ4v) is 2.81. The van der Waals surface area contributed by atoms with Crippen molar-refractivity contribution < 1.29 is 4.79 Å². The van der Waals surface area contributed by atoms with E-state index in [0.29, 0.717) is 11.5 Å². The fraction of sp³-hybridized carbons (Fsp3) is 0.294. The Morgan fingerprint density at radius 1 is 1.24 bits per heavy atom. The predicted molar refractivity (Wildman–Crippen MR) is 84.8 cm³/mol. The largest absolute Gasteiger partial charge is 0.373 e. The molecule has 0 bridgehead atoms. The Morgan fingerprint density at radius 2 is 2.05 bits per heavy atom. The van der Waals surface area contributed by atoms with E-state index in [-0.39, 0.29) is 11.9 Å². The topological polar surface area (TPSA) is 45.2 Å². The lowest BCUT2D eigenvalue weighted by atomic mass is 9.96. The number of fused-ring (bicyclic) bond motifs is 1. The van der Waals surface area contributed by atoms with Crippen LogP contribution in [0.1, 0.15) is 29.4 Å². The van der Waals surface area contributed by atoms with Crippen molar-refractivity contribution in [1.82, 2.24) is 4.98 Å². The molecule has 1 aliphatic heterocycles. The molecule has 1 N–H and O–H groups in total. The van der Waals surface area contributed by atoms with Gasteiger partial charge < -0.3 is 10.2 Å². The van der Waals surface area contributed by atoms with Crippen LogP contribution in [0.25, 0.3) is 0 Å². The first-order valence-electron chi connectivity index (χ1n) is 7.27. The maximum Gasteiger partial charge on any atom is 0.277 e. The molecule has 1 aromatic carbocycles. The molecule has 2 heterocycles. The normalized spacial score (nSPS) is 17.2. The number of nitrogens with zero attached hydrogens (tertiary/aromatic N) is 2. The van der Waals surface area contributed by atoms with E-state index in [4.69, 9.17) is 0 Å². The second kappa shape index (κ2) is 5.56. The van der Waals surface area contributed by atoms with Gasteiger partial charge in [0.25, 0.3) is 5.91 Å². The van der Waals surface area contributed by atoms with Crippen LogP contribution in [0.5, 0.6) is 0 Å². The molecular weight excluding hydrogens is 262 g/mol. The summed E-state index contributed by atoms with van der Waals surface area (Å²) < 4.78 is 0.